The van der Waals surface area contributed by atoms with E-state index in [1.54, 1.807) is 31.2 Å². The highest BCUT2D eigenvalue weighted by molar-refractivity contribution is 7.92. The molecular formula is C84H84Cl2F14N12O15S. The largest absolute Gasteiger partial charge is 0.501 e. The van der Waals surface area contributed by atoms with Gasteiger partial charge in [0, 0.05) is 128 Å². The van der Waals surface area contributed by atoms with Gasteiger partial charge in [0.15, 0.2) is 0 Å². The highest BCUT2D eigenvalue weighted by Gasteiger charge is 2.47. The average molecular weight is 1870 g/mol. The van der Waals surface area contributed by atoms with Gasteiger partial charge in [0.25, 0.3) is 9.84 Å². The molecule has 0 aliphatic carbocycles. The van der Waals surface area contributed by atoms with Crippen LogP contribution in [0, 0.1) is 18.6 Å². The minimum atomic E-state index is -5.48. The minimum absolute atomic E-state index is 0.00226. The Morgan fingerprint density at radius 3 is 1.05 bits per heavy atom. The van der Waals surface area contributed by atoms with Crippen molar-refractivity contribution in [3.05, 3.63) is 247 Å². The number of nitrogens with one attached hydrogen (secondary N) is 4. The maximum atomic E-state index is 14.4. The molecular weight excluding hydrogens is 1790 g/mol. The molecule has 0 fully saturated rings. The van der Waals surface area contributed by atoms with Crippen molar-refractivity contribution in [2.45, 2.75) is 99.3 Å². The Morgan fingerprint density at radius 2 is 0.750 bits per heavy atom. The van der Waals surface area contributed by atoms with Crippen LogP contribution < -0.4 is 26.0 Å². The maximum Gasteiger partial charge on any atom is 0.501 e. The lowest BCUT2D eigenvalue weighted by atomic mass is 10.0. The normalized spacial score (nSPS) is 15.4. The van der Waals surface area contributed by atoms with Crippen LogP contribution in [0.3, 0.4) is 0 Å². The van der Waals surface area contributed by atoms with E-state index in [0.29, 0.717) is 82.5 Å². The molecule has 8 amide bonds. The van der Waals surface area contributed by atoms with Gasteiger partial charge in [-0.2, -0.15) is 52.7 Å². The molecule has 0 spiro atoms. The van der Waals surface area contributed by atoms with E-state index in [0.717, 1.165) is 71.8 Å². The molecule has 44 heteroatoms. The van der Waals surface area contributed by atoms with Gasteiger partial charge in [-0.3, -0.25) is 19.9 Å². The minimum Gasteiger partial charge on any atom is -0.493 e. The summed E-state index contributed by atoms with van der Waals surface area (Å²) in [5, 5.41) is 85.3. The zero-order valence-corrected chi connectivity index (χ0v) is 69.8. The van der Waals surface area contributed by atoms with Crippen LogP contribution in [-0.4, -0.2) is 204 Å². The Labute approximate surface area is 731 Å². The van der Waals surface area contributed by atoms with Gasteiger partial charge < -0.3 is 86.5 Å². The fourth-order valence-corrected chi connectivity index (χ4v) is 14.2. The van der Waals surface area contributed by atoms with Crippen molar-refractivity contribution in [3.8, 4) is 5.75 Å². The number of benzene rings is 4. The number of aromatic nitrogens is 4. The van der Waals surface area contributed by atoms with Crippen molar-refractivity contribution in [2.75, 3.05) is 107 Å². The predicted molar refractivity (Wildman–Crippen MR) is 442 cm³/mol. The molecule has 688 valence electrons. The zero-order chi connectivity index (χ0) is 93.9. The second-order valence-electron chi connectivity index (χ2n) is 28.7. The summed E-state index contributed by atoms with van der Waals surface area (Å²) in [7, 11) is -5.48. The molecule has 0 radical (unpaired) electrons. The molecule has 8 heterocycles. The molecule has 8 aromatic rings. The Morgan fingerprint density at radius 1 is 0.438 bits per heavy atom. The molecule has 0 saturated heterocycles. The van der Waals surface area contributed by atoms with Gasteiger partial charge in [-0.25, -0.2) is 36.4 Å². The molecule has 128 heavy (non-hydrogen) atoms. The molecule has 12 rings (SSSR count). The number of carbonyl (C=O) groups is 4. The summed E-state index contributed by atoms with van der Waals surface area (Å²) in [5.74, 6) is -1.66. The number of alkyl halides is 12. The molecule has 0 unspecified atom stereocenters. The number of ether oxygens (including phenoxy) is 1. The number of halogens is 16. The van der Waals surface area contributed by atoms with Crippen molar-refractivity contribution in [2.24, 2.45) is 0 Å². The van der Waals surface area contributed by atoms with E-state index in [2.05, 4.69) is 41.2 Å². The van der Waals surface area contributed by atoms with E-state index >= 15 is 0 Å². The fraction of sp³-hybridized carbons (Fsp3) is 0.333. The van der Waals surface area contributed by atoms with Crippen molar-refractivity contribution in [1.82, 2.24) is 39.5 Å². The third-order valence-corrected chi connectivity index (χ3v) is 21.9. The number of carbonyl (C=O) groups excluding carboxylic acids is 4. The SMILES string of the molecule is CCCOc1cc(NC(=O)N2CC=C(c3ncc([C@H](O)CO)cc3Cl)CC2)ccc1C(F)(F)F.Cc1cc(NC(=O)N2CC=C(c3ncc([C@H](O)CO)cc3F)CC2)ccc1C(F)(F)F.O=C(Nc1ccc(C(F)(F)F)cc1)N1CC=C(c2ncc([C@H](O)CO)cc2Cl)CC1.O=C(Nc1ccc(S(=O)(=O)C(F)(F)F)cc1)N1CC=C(c2ncc([C@H](O)CO)cc2F)CC1. The Balaban J connectivity index is 0.000000193. The van der Waals surface area contributed by atoms with E-state index in [1.165, 1.54) is 99.8 Å². The molecule has 0 saturated carbocycles. The average Bonchev–Trinajstić information content (AvgIpc) is 0.787. The van der Waals surface area contributed by atoms with Crippen LogP contribution in [0.2, 0.25) is 10.0 Å². The Hall–Kier alpha value is -11.5. The summed E-state index contributed by atoms with van der Waals surface area (Å²) in [6.07, 6.45) is -3.74. The third kappa shape index (κ3) is 26.6. The second kappa shape index (κ2) is 44.0. The quantitative estimate of drug-likeness (QED) is 0.0315. The monoisotopic (exact) mass is 1870 g/mol. The topological polar surface area (TPSA) is 386 Å². The van der Waals surface area contributed by atoms with E-state index in [1.807, 2.05) is 0 Å². The van der Waals surface area contributed by atoms with Gasteiger partial charge in [-0.05, 0) is 170 Å². The highest BCUT2D eigenvalue weighted by Crippen LogP contribution is 2.41. The standard InChI is InChI=1S/C23H25ClF3N3O4.C21H21F4N3O3.C20H19ClF3N3O3.C20H19F4N3O5S/c1-2-9-34-20-11-16(3-4-17(20)23(25,26)27)29-22(33)30-7-5-14(6-8-30)21-18(24)10-15(12-28-21)19(32)13-31;1-12-8-15(2-3-16(12)21(23,24)25)27-20(31)28-6-4-13(5-7-28)19-17(22)9-14(10-26-19)18(30)11-29;21-16-9-13(17(29)11-28)10-25-18(16)12-5-7-27(8-6-12)19(30)26-15-3-1-14(2-4-15)20(22,23)24;21-16-9-13(17(29)11-28)10-25-18(16)12-5-7-27(8-6-12)19(30)26-14-1-3-15(4-2-14)33(31,32)20(22,23)24/h3-5,10-12,19,31-32H,2,6-9,13H2,1H3,(H,29,33);2-4,8-10,18,29-30H,5-7,11H2,1H3,(H,27,31);1-5,9-10,17,28-29H,6-8,11H2,(H,26,30);1-5,9-10,17,28-29H,6-8,11H2,(H,26,30)/t19-;18-;2*17-/m1111/s1. The van der Waals surface area contributed by atoms with E-state index in [4.69, 9.17) is 48.4 Å². The van der Waals surface area contributed by atoms with Crippen molar-refractivity contribution < 1.29 is 135 Å². The molecule has 4 atom stereocenters. The molecule has 4 aromatic carbocycles. The number of aliphatic hydroxyl groups is 8. The first-order chi connectivity index (χ1) is 60.3. The number of rotatable bonds is 20. The van der Waals surface area contributed by atoms with Crippen LogP contribution in [0.1, 0.15) is 131 Å². The molecule has 27 nitrogen and oxygen atoms in total. The number of nitrogens with zero attached hydrogens (tertiary/aromatic N) is 8. The number of amides is 8. The summed E-state index contributed by atoms with van der Waals surface area (Å²) in [5.41, 5.74) is -1.95. The van der Waals surface area contributed by atoms with Crippen LogP contribution in [-0.2, 0) is 28.4 Å². The number of pyridine rings is 4. The smallest absolute Gasteiger partial charge is 0.493 e. The molecule has 12 N–H and O–H groups in total. The lowest BCUT2D eigenvalue weighted by molar-refractivity contribution is -0.139. The molecule has 0 bridgehead atoms. The highest BCUT2D eigenvalue weighted by atomic mass is 35.5. The van der Waals surface area contributed by atoms with Crippen LogP contribution in [0.4, 0.5) is 103 Å². The van der Waals surface area contributed by atoms with Crippen molar-refractivity contribution >= 4 is 102 Å². The van der Waals surface area contributed by atoms with E-state index in [-0.39, 0.29) is 109 Å². The number of sulfone groups is 1. The molecule has 4 aliphatic rings. The first-order valence-corrected chi connectivity index (χ1v) is 41.0. The van der Waals surface area contributed by atoms with Gasteiger partial charge >= 0.3 is 48.2 Å². The summed E-state index contributed by atoms with van der Waals surface area (Å²) in [6.45, 7) is 3.18. The number of anilines is 4. The number of aliphatic hydroxyl groups excluding tert-OH is 8. The number of hydrogen-bond donors (Lipinski definition) is 12. The van der Waals surface area contributed by atoms with Gasteiger partial charge in [0.05, 0.1) is 76.1 Å². The van der Waals surface area contributed by atoms with Gasteiger partial charge in [-0.15, -0.1) is 0 Å². The van der Waals surface area contributed by atoms with Crippen LogP contribution in [0.25, 0.3) is 22.3 Å². The maximum absolute atomic E-state index is 14.4. The van der Waals surface area contributed by atoms with E-state index in [9.17, 15) is 109 Å². The van der Waals surface area contributed by atoms with Crippen molar-refractivity contribution in [1.29, 1.82) is 0 Å². The molecule has 4 aliphatic heterocycles. The van der Waals surface area contributed by atoms with Gasteiger partial charge in [-0.1, -0.05) is 54.4 Å². The Bertz CT molecular complexity index is 5520. The number of hydrogen-bond acceptors (Lipinski definition) is 19. The van der Waals surface area contributed by atoms with E-state index < -0.39 is 142 Å². The zero-order valence-electron chi connectivity index (χ0n) is 67.5. The third-order valence-electron chi connectivity index (χ3n) is 19.8. The summed E-state index contributed by atoms with van der Waals surface area (Å²) >= 11 is 12.5. The molecule has 4 aromatic heterocycles. The lowest BCUT2D eigenvalue weighted by Crippen LogP contribution is -2.38. The fourth-order valence-electron chi connectivity index (χ4n) is 12.8. The number of urea groups is 4. The van der Waals surface area contributed by atoms with Crippen LogP contribution in [0.15, 0.2) is 163 Å². The summed E-state index contributed by atoms with van der Waals surface area (Å²) in [6, 6.07) is 17.8. The summed E-state index contributed by atoms with van der Waals surface area (Å²) in [4.78, 5) is 71.3. The lowest BCUT2D eigenvalue weighted by Gasteiger charge is -2.27. The summed E-state index contributed by atoms with van der Waals surface area (Å²) < 4.78 is 211. The van der Waals surface area contributed by atoms with Gasteiger partial charge in [0.2, 0.25) is 0 Å². The number of aryl methyl sites for hydroxylation is 1. The van der Waals surface area contributed by atoms with Crippen LogP contribution >= 0.6 is 23.2 Å². The first-order valence-electron chi connectivity index (χ1n) is 38.8. The first kappa shape index (κ1) is 100. The van der Waals surface area contributed by atoms with Crippen molar-refractivity contribution in [3.63, 3.8) is 0 Å². The second-order valence-corrected chi connectivity index (χ2v) is 31.5. The van der Waals surface area contributed by atoms with Gasteiger partial charge in [0.1, 0.15) is 53.2 Å². The van der Waals surface area contributed by atoms with Crippen LogP contribution in [0.5, 0.6) is 5.75 Å². The Kier molecular flexibility index (Phi) is 34.5. The predicted octanol–water partition coefficient (Wildman–Crippen LogP) is 15.7.